The molecule has 0 radical (unpaired) electrons. The van der Waals surface area contributed by atoms with Crippen LogP contribution >= 0.6 is 0 Å². The van der Waals surface area contributed by atoms with E-state index in [9.17, 15) is 14.3 Å². The van der Waals surface area contributed by atoms with Gasteiger partial charge in [0.2, 0.25) is 0 Å². The lowest BCUT2D eigenvalue weighted by Gasteiger charge is -2.06. The molecule has 1 aromatic carbocycles. The van der Waals surface area contributed by atoms with Crippen LogP contribution in [0.5, 0.6) is 0 Å². The van der Waals surface area contributed by atoms with Crippen LogP contribution in [0.1, 0.15) is 34.6 Å². The SMILES string of the molecule is COC(=O)c1ccc(F)c(Cn2cnc(C(C)O)c2)c1. The molecule has 0 aliphatic rings. The van der Waals surface area contributed by atoms with Crippen molar-refractivity contribution in [1.29, 1.82) is 0 Å². The van der Waals surface area contributed by atoms with Crippen LogP contribution in [0.2, 0.25) is 0 Å². The molecule has 0 saturated carbocycles. The fourth-order valence-corrected chi connectivity index (χ4v) is 1.82. The maximum absolute atomic E-state index is 13.8. The van der Waals surface area contributed by atoms with E-state index < -0.39 is 17.9 Å². The molecule has 5 nitrogen and oxygen atoms in total. The highest BCUT2D eigenvalue weighted by atomic mass is 19.1. The Hall–Kier alpha value is -2.21. The predicted molar refractivity (Wildman–Crippen MR) is 69.7 cm³/mol. The van der Waals surface area contributed by atoms with Crippen LogP contribution in [0, 0.1) is 5.82 Å². The van der Waals surface area contributed by atoms with Gasteiger partial charge in [-0.25, -0.2) is 14.2 Å². The zero-order valence-corrected chi connectivity index (χ0v) is 11.2. The van der Waals surface area contributed by atoms with Crippen molar-refractivity contribution in [2.24, 2.45) is 0 Å². The van der Waals surface area contributed by atoms with Gasteiger partial charge in [0.1, 0.15) is 5.82 Å². The van der Waals surface area contributed by atoms with Crippen molar-refractivity contribution in [3.63, 3.8) is 0 Å². The van der Waals surface area contributed by atoms with Crippen molar-refractivity contribution in [2.45, 2.75) is 19.6 Å². The van der Waals surface area contributed by atoms with Crippen LogP contribution in [0.4, 0.5) is 4.39 Å². The summed E-state index contributed by atoms with van der Waals surface area (Å²) in [7, 11) is 1.27. The minimum Gasteiger partial charge on any atom is -0.465 e. The Bertz CT molecular complexity index is 623. The standard InChI is InChI=1S/C14H15FN2O3/c1-9(18)13-7-17(8-16-13)6-11-5-10(14(19)20-2)3-4-12(11)15/h3-5,7-9,18H,6H2,1-2H3. The highest BCUT2D eigenvalue weighted by Gasteiger charge is 2.11. The highest BCUT2D eigenvalue weighted by Crippen LogP contribution is 2.15. The summed E-state index contributed by atoms with van der Waals surface area (Å²) >= 11 is 0. The molecule has 0 spiro atoms. The molecule has 6 heteroatoms. The molecule has 106 valence electrons. The topological polar surface area (TPSA) is 64.4 Å². The minimum atomic E-state index is -0.678. The second-order valence-electron chi connectivity index (χ2n) is 4.44. The van der Waals surface area contributed by atoms with Gasteiger partial charge in [-0.15, -0.1) is 0 Å². The third kappa shape index (κ3) is 3.03. The van der Waals surface area contributed by atoms with Crippen molar-refractivity contribution in [1.82, 2.24) is 9.55 Å². The number of carbonyl (C=O) groups excluding carboxylic acids is 1. The van der Waals surface area contributed by atoms with Gasteiger partial charge in [-0.3, -0.25) is 0 Å². The molecule has 1 unspecified atom stereocenters. The molecule has 0 amide bonds. The van der Waals surface area contributed by atoms with Gasteiger partial charge in [0.15, 0.2) is 0 Å². The summed E-state index contributed by atoms with van der Waals surface area (Å²) in [4.78, 5) is 15.4. The smallest absolute Gasteiger partial charge is 0.337 e. The third-order valence-corrected chi connectivity index (χ3v) is 2.90. The molecular weight excluding hydrogens is 263 g/mol. The largest absolute Gasteiger partial charge is 0.465 e. The lowest BCUT2D eigenvalue weighted by molar-refractivity contribution is 0.0600. The lowest BCUT2D eigenvalue weighted by Crippen LogP contribution is -2.05. The summed E-state index contributed by atoms with van der Waals surface area (Å²) in [5.74, 6) is -0.925. The van der Waals surface area contributed by atoms with E-state index in [-0.39, 0.29) is 6.54 Å². The molecule has 0 aliphatic heterocycles. The number of methoxy groups -OCH3 is 1. The first-order valence-corrected chi connectivity index (χ1v) is 6.07. The summed E-state index contributed by atoms with van der Waals surface area (Å²) in [6.07, 6.45) is 2.46. The number of ether oxygens (including phenoxy) is 1. The van der Waals surface area contributed by atoms with Crippen molar-refractivity contribution >= 4 is 5.97 Å². The molecular formula is C14H15FN2O3. The van der Waals surface area contributed by atoms with Gasteiger partial charge in [-0.05, 0) is 25.1 Å². The highest BCUT2D eigenvalue weighted by molar-refractivity contribution is 5.89. The van der Waals surface area contributed by atoms with E-state index in [2.05, 4.69) is 9.72 Å². The molecule has 1 atom stereocenters. The van der Waals surface area contributed by atoms with Gasteiger partial charge < -0.3 is 14.4 Å². The first-order chi connectivity index (χ1) is 9.51. The number of hydrogen-bond acceptors (Lipinski definition) is 4. The Kier molecular flexibility index (Phi) is 4.14. The molecule has 1 heterocycles. The molecule has 1 N–H and O–H groups in total. The van der Waals surface area contributed by atoms with Crippen LogP contribution in [0.3, 0.4) is 0 Å². The van der Waals surface area contributed by atoms with E-state index in [1.54, 1.807) is 17.7 Å². The Labute approximate surface area is 115 Å². The fourth-order valence-electron chi connectivity index (χ4n) is 1.82. The van der Waals surface area contributed by atoms with Gasteiger partial charge in [0.25, 0.3) is 0 Å². The molecule has 20 heavy (non-hydrogen) atoms. The van der Waals surface area contributed by atoms with Gasteiger partial charge in [-0.2, -0.15) is 0 Å². The molecule has 0 fully saturated rings. The summed E-state index contributed by atoms with van der Waals surface area (Å²) in [5.41, 5.74) is 1.15. The number of nitrogens with zero attached hydrogens (tertiary/aromatic N) is 2. The number of aliphatic hydroxyl groups excluding tert-OH is 1. The third-order valence-electron chi connectivity index (χ3n) is 2.90. The number of rotatable bonds is 4. The lowest BCUT2D eigenvalue weighted by atomic mass is 10.1. The van der Waals surface area contributed by atoms with Gasteiger partial charge in [-0.1, -0.05) is 0 Å². The first-order valence-electron chi connectivity index (χ1n) is 6.07. The number of esters is 1. The summed E-state index contributed by atoms with van der Waals surface area (Å²) < 4.78 is 20.0. The van der Waals surface area contributed by atoms with Crippen LogP contribution < -0.4 is 0 Å². The number of aliphatic hydroxyl groups is 1. The normalized spacial score (nSPS) is 12.2. The van der Waals surface area contributed by atoms with E-state index in [1.807, 2.05) is 0 Å². The average molecular weight is 278 g/mol. The van der Waals surface area contributed by atoms with E-state index in [1.165, 1.54) is 31.6 Å². The number of hydrogen-bond donors (Lipinski definition) is 1. The van der Waals surface area contributed by atoms with Crippen LogP contribution in [-0.2, 0) is 11.3 Å². The van der Waals surface area contributed by atoms with Crippen molar-refractivity contribution in [3.05, 3.63) is 53.4 Å². The van der Waals surface area contributed by atoms with Gasteiger partial charge in [0.05, 0.1) is 37.3 Å². The molecule has 1 aromatic heterocycles. The van der Waals surface area contributed by atoms with Crippen LogP contribution in [-0.4, -0.2) is 27.7 Å². The van der Waals surface area contributed by atoms with Crippen molar-refractivity contribution in [2.75, 3.05) is 7.11 Å². The zero-order chi connectivity index (χ0) is 14.7. The predicted octanol–water partition coefficient (Wildman–Crippen LogP) is 1.91. The Morgan fingerprint density at radius 2 is 2.30 bits per heavy atom. The Morgan fingerprint density at radius 1 is 1.55 bits per heavy atom. The summed E-state index contributed by atoms with van der Waals surface area (Å²) in [6.45, 7) is 1.82. The van der Waals surface area contributed by atoms with Gasteiger partial charge >= 0.3 is 5.97 Å². The van der Waals surface area contributed by atoms with Gasteiger partial charge in [0, 0.05) is 11.8 Å². The summed E-state index contributed by atoms with van der Waals surface area (Å²) in [6, 6.07) is 4.05. The number of benzene rings is 1. The van der Waals surface area contributed by atoms with Crippen LogP contribution in [0.25, 0.3) is 0 Å². The molecule has 2 rings (SSSR count). The fraction of sp³-hybridized carbons (Fsp3) is 0.286. The molecule has 0 saturated heterocycles. The zero-order valence-electron chi connectivity index (χ0n) is 11.2. The van der Waals surface area contributed by atoms with E-state index in [4.69, 9.17) is 0 Å². The number of halogens is 1. The second-order valence-corrected chi connectivity index (χ2v) is 4.44. The molecule has 2 aromatic rings. The Morgan fingerprint density at radius 3 is 2.90 bits per heavy atom. The van der Waals surface area contributed by atoms with Crippen LogP contribution in [0.15, 0.2) is 30.7 Å². The number of carbonyl (C=O) groups is 1. The minimum absolute atomic E-state index is 0.219. The van der Waals surface area contributed by atoms with Crippen molar-refractivity contribution in [3.8, 4) is 0 Å². The maximum atomic E-state index is 13.8. The average Bonchev–Trinajstić information content (AvgIpc) is 2.89. The first kappa shape index (κ1) is 14.2. The summed E-state index contributed by atoms with van der Waals surface area (Å²) in [5, 5.41) is 9.40. The number of imidazole rings is 1. The quantitative estimate of drug-likeness (QED) is 0.868. The monoisotopic (exact) mass is 278 g/mol. The van der Waals surface area contributed by atoms with E-state index in [0.29, 0.717) is 16.8 Å². The molecule has 0 bridgehead atoms. The maximum Gasteiger partial charge on any atom is 0.337 e. The Balaban J connectivity index is 2.25. The van der Waals surface area contributed by atoms with E-state index >= 15 is 0 Å². The van der Waals surface area contributed by atoms with E-state index in [0.717, 1.165) is 0 Å². The second kappa shape index (κ2) is 5.83. The van der Waals surface area contributed by atoms with Crippen molar-refractivity contribution < 1.29 is 19.0 Å². The number of aromatic nitrogens is 2. The molecule has 0 aliphatic carbocycles.